The van der Waals surface area contributed by atoms with Gasteiger partial charge in [-0.3, -0.25) is 19.9 Å². The fraction of sp³-hybridized carbons (Fsp3) is 0.200. The highest BCUT2D eigenvalue weighted by Crippen LogP contribution is 2.27. The Bertz CT molecular complexity index is 1840. The molecule has 224 valence electrons. The van der Waals surface area contributed by atoms with Crippen molar-refractivity contribution in [1.29, 1.82) is 0 Å². The molecule has 9 heteroatoms. The maximum atomic E-state index is 13.1. The molecule has 0 aliphatic rings. The number of rotatable bonds is 10. The number of aromatic amines is 1. The largest absolute Gasteiger partial charge is 0.449 e. The number of carbonyl (C=O) groups is 2. The smallest absolute Gasteiger partial charge is 0.411 e. The molecular weight excluding hydrogens is 554 g/mol. The highest BCUT2D eigenvalue weighted by molar-refractivity contribution is 5.87. The number of aromatic nitrogens is 2. The van der Waals surface area contributed by atoms with E-state index in [9.17, 15) is 14.4 Å². The summed E-state index contributed by atoms with van der Waals surface area (Å²) in [7, 11) is 1.72. The Hall–Kier alpha value is -5.44. The second-order valence-electron chi connectivity index (χ2n) is 10.8. The summed E-state index contributed by atoms with van der Waals surface area (Å²) >= 11 is 0. The fourth-order valence-corrected chi connectivity index (χ4v) is 5.11. The van der Waals surface area contributed by atoms with Crippen LogP contribution in [-0.4, -0.2) is 47.1 Å². The third-order valence-corrected chi connectivity index (χ3v) is 7.53. The van der Waals surface area contributed by atoms with Crippen molar-refractivity contribution in [2.24, 2.45) is 0 Å². The second-order valence-corrected chi connectivity index (χ2v) is 10.8. The zero-order chi connectivity index (χ0) is 31.1. The lowest BCUT2D eigenvalue weighted by Crippen LogP contribution is -2.32. The minimum Gasteiger partial charge on any atom is -0.449 e. The first-order valence-electron chi connectivity index (χ1n) is 14.4. The van der Waals surface area contributed by atoms with Gasteiger partial charge in [-0.15, -0.1) is 0 Å². The van der Waals surface area contributed by atoms with Crippen LogP contribution in [0.4, 0.5) is 16.2 Å². The molecule has 2 aromatic heterocycles. The maximum absolute atomic E-state index is 13.1. The average molecular weight is 590 g/mol. The SMILES string of the molecule is Cc1ccccc1C(C)COC(=O)Nc1ccc(-c2ccccn2)c(CN(C)C(=O)CNc2ccc3cc[nH]c(=O)c3c2)c1. The molecule has 5 rings (SSSR count). The zero-order valence-corrected chi connectivity index (χ0v) is 25.0. The number of aryl methyl sites for hydroxylation is 1. The number of carbonyl (C=O) groups excluding carboxylic acids is 2. The molecule has 44 heavy (non-hydrogen) atoms. The average Bonchev–Trinajstić information content (AvgIpc) is 3.03. The van der Waals surface area contributed by atoms with Crippen LogP contribution in [0.2, 0.25) is 0 Å². The van der Waals surface area contributed by atoms with E-state index in [1.165, 1.54) is 0 Å². The van der Waals surface area contributed by atoms with Crippen LogP contribution in [0.25, 0.3) is 22.0 Å². The number of amides is 2. The van der Waals surface area contributed by atoms with E-state index in [2.05, 4.69) is 20.6 Å². The van der Waals surface area contributed by atoms with Gasteiger partial charge in [-0.1, -0.05) is 49.4 Å². The summed E-state index contributed by atoms with van der Waals surface area (Å²) in [6.45, 7) is 4.62. The van der Waals surface area contributed by atoms with Gasteiger partial charge in [0.05, 0.1) is 18.8 Å². The molecule has 1 unspecified atom stereocenters. The van der Waals surface area contributed by atoms with Crippen molar-refractivity contribution in [1.82, 2.24) is 14.9 Å². The minimum absolute atomic E-state index is 0.0367. The Kier molecular flexibility index (Phi) is 9.34. The quantitative estimate of drug-likeness (QED) is 0.176. The summed E-state index contributed by atoms with van der Waals surface area (Å²) in [6, 6.07) is 26.4. The molecule has 0 aliphatic heterocycles. The number of benzene rings is 3. The number of nitrogens with zero attached hydrogens (tertiary/aromatic N) is 2. The monoisotopic (exact) mass is 589 g/mol. The second kappa shape index (κ2) is 13.7. The van der Waals surface area contributed by atoms with Crippen LogP contribution in [0.15, 0.2) is 102 Å². The number of H-pyrrole nitrogens is 1. The Morgan fingerprint density at radius 1 is 0.977 bits per heavy atom. The van der Waals surface area contributed by atoms with Crippen LogP contribution in [0.1, 0.15) is 29.5 Å². The lowest BCUT2D eigenvalue weighted by atomic mass is 9.97. The normalized spacial score (nSPS) is 11.5. The van der Waals surface area contributed by atoms with Gasteiger partial charge in [0.1, 0.15) is 0 Å². The zero-order valence-electron chi connectivity index (χ0n) is 25.0. The van der Waals surface area contributed by atoms with Crippen molar-refractivity contribution < 1.29 is 14.3 Å². The number of pyridine rings is 2. The third kappa shape index (κ3) is 7.30. The molecular formula is C35H35N5O4. The lowest BCUT2D eigenvalue weighted by Gasteiger charge is -2.21. The van der Waals surface area contributed by atoms with Gasteiger partial charge in [0.25, 0.3) is 5.56 Å². The first-order valence-corrected chi connectivity index (χ1v) is 14.4. The van der Waals surface area contributed by atoms with Crippen LogP contribution < -0.4 is 16.2 Å². The van der Waals surface area contributed by atoms with E-state index in [1.807, 2.05) is 86.6 Å². The molecule has 1 atom stereocenters. The van der Waals surface area contributed by atoms with Crippen LogP contribution in [0, 0.1) is 6.92 Å². The first kappa shape index (κ1) is 30.0. The van der Waals surface area contributed by atoms with E-state index in [0.717, 1.165) is 33.3 Å². The summed E-state index contributed by atoms with van der Waals surface area (Å²) in [6.07, 6.45) is 2.77. The van der Waals surface area contributed by atoms with Gasteiger partial charge in [-0.25, -0.2) is 4.79 Å². The fourth-order valence-electron chi connectivity index (χ4n) is 5.11. The molecule has 0 fully saturated rings. The topological polar surface area (TPSA) is 116 Å². The minimum atomic E-state index is -0.551. The van der Waals surface area contributed by atoms with Gasteiger partial charge in [-0.05, 0) is 71.5 Å². The molecule has 0 radical (unpaired) electrons. The van der Waals surface area contributed by atoms with Crippen LogP contribution in [-0.2, 0) is 16.1 Å². The Labute approximate surface area is 255 Å². The summed E-state index contributed by atoms with van der Waals surface area (Å²) in [5.41, 5.74) is 5.74. The molecule has 0 saturated carbocycles. The molecule has 0 bridgehead atoms. The predicted molar refractivity (Wildman–Crippen MR) is 174 cm³/mol. The summed E-state index contributed by atoms with van der Waals surface area (Å²) in [4.78, 5) is 46.8. The highest BCUT2D eigenvalue weighted by Gasteiger charge is 2.16. The molecule has 0 saturated heterocycles. The van der Waals surface area contributed by atoms with Gasteiger partial charge in [0.15, 0.2) is 0 Å². The van der Waals surface area contributed by atoms with Crippen LogP contribution in [0.3, 0.4) is 0 Å². The summed E-state index contributed by atoms with van der Waals surface area (Å²) in [5, 5.41) is 7.32. The number of nitrogens with one attached hydrogen (secondary N) is 3. The molecule has 2 heterocycles. The van der Waals surface area contributed by atoms with E-state index in [1.54, 1.807) is 36.5 Å². The number of hydrogen-bond acceptors (Lipinski definition) is 6. The van der Waals surface area contributed by atoms with Gasteiger partial charge in [0, 0.05) is 54.2 Å². The van der Waals surface area contributed by atoms with Gasteiger partial charge in [0.2, 0.25) is 5.91 Å². The van der Waals surface area contributed by atoms with Crippen molar-refractivity contribution in [3.05, 3.63) is 124 Å². The maximum Gasteiger partial charge on any atom is 0.411 e. The standard InChI is InChI=1S/C35H35N5O4/c1-23-8-4-5-9-29(23)24(2)22-44-35(43)39-28-13-14-30(32-10-6-7-16-36-32)26(18-28)21-40(3)33(41)20-38-27-12-11-25-15-17-37-34(42)31(25)19-27/h4-19,24,38H,20-22H2,1-3H3,(H,37,42)(H,39,43). The summed E-state index contributed by atoms with van der Waals surface area (Å²) < 4.78 is 5.54. The van der Waals surface area contributed by atoms with Crippen molar-refractivity contribution in [2.45, 2.75) is 26.3 Å². The number of likely N-dealkylation sites (N-methyl/N-ethyl adjacent to an activating group) is 1. The molecule has 5 aromatic rings. The van der Waals surface area contributed by atoms with E-state index in [4.69, 9.17) is 4.74 Å². The van der Waals surface area contributed by atoms with Crippen LogP contribution >= 0.6 is 0 Å². The number of fused-ring (bicyclic) bond motifs is 1. The first-order chi connectivity index (χ1) is 21.3. The van der Waals surface area contributed by atoms with Gasteiger partial charge < -0.3 is 19.9 Å². The van der Waals surface area contributed by atoms with E-state index < -0.39 is 6.09 Å². The number of hydrogen-bond donors (Lipinski definition) is 3. The number of anilines is 2. The van der Waals surface area contributed by atoms with Crippen molar-refractivity contribution in [3.8, 4) is 11.3 Å². The summed E-state index contributed by atoms with van der Waals surface area (Å²) in [5.74, 6) is -0.102. The molecule has 3 N–H and O–H groups in total. The van der Waals surface area contributed by atoms with Crippen molar-refractivity contribution >= 4 is 34.1 Å². The third-order valence-electron chi connectivity index (χ3n) is 7.53. The Morgan fingerprint density at radius 2 is 1.77 bits per heavy atom. The highest BCUT2D eigenvalue weighted by atomic mass is 16.5. The molecule has 3 aromatic carbocycles. The van der Waals surface area contributed by atoms with E-state index in [-0.39, 0.29) is 37.1 Å². The molecule has 2 amide bonds. The lowest BCUT2D eigenvalue weighted by molar-refractivity contribution is -0.128. The van der Waals surface area contributed by atoms with E-state index in [0.29, 0.717) is 16.8 Å². The molecule has 0 spiro atoms. The van der Waals surface area contributed by atoms with Gasteiger partial charge >= 0.3 is 6.09 Å². The van der Waals surface area contributed by atoms with Crippen molar-refractivity contribution in [3.63, 3.8) is 0 Å². The van der Waals surface area contributed by atoms with Gasteiger partial charge in [-0.2, -0.15) is 0 Å². The predicted octanol–water partition coefficient (Wildman–Crippen LogP) is 6.32. The van der Waals surface area contributed by atoms with Crippen molar-refractivity contribution in [2.75, 3.05) is 30.8 Å². The number of ether oxygens (including phenoxy) is 1. The van der Waals surface area contributed by atoms with E-state index >= 15 is 0 Å². The Balaban J connectivity index is 1.26. The molecule has 0 aliphatic carbocycles. The van der Waals surface area contributed by atoms with Crippen LogP contribution in [0.5, 0.6) is 0 Å². The Morgan fingerprint density at radius 3 is 2.57 bits per heavy atom. The molecule has 9 nitrogen and oxygen atoms in total.